The van der Waals surface area contributed by atoms with Crippen molar-refractivity contribution in [2.75, 3.05) is 0 Å². The third-order valence-electron chi connectivity index (χ3n) is 2.64. The van der Waals surface area contributed by atoms with Gasteiger partial charge >= 0.3 is 0 Å². The summed E-state index contributed by atoms with van der Waals surface area (Å²) in [6.45, 7) is 0. The first kappa shape index (κ1) is 10.8. The van der Waals surface area contributed by atoms with Crippen LogP contribution in [0.25, 0.3) is 0 Å². The minimum absolute atomic E-state index is 0.400. The van der Waals surface area contributed by atoms with Crippen LogP contribution in [0.2, 0.25) is 0 Å². The van der Waals surface area contributed by atoms with Gasteiger partial charge in [0.15, 0.2) is 0 Å². The Morgan fingerprint density at radius 1 is 1.00 bits per heavy atom. The van der Waals surface area contributed by atoms with Crippen LogP contribution in [-0.4, -0.2) is 10.1 Å². The molecule has 0 spiro atoms. The summed E-state index contributed by atoms with van der Waals surface area (Å²) >= 11 is 0. The molecule has 1 unspecified atom stereocenters. The molecular weight excluding hydrogens is 198 g/mol. The molecular formula is C14H15NO. The van der Waals surface area contributed by atoms with Crippen molar-refractivity contribution in [2.45, 2.75) is 18.9 Å². The Balaban J connectivity index is 1.92. The Hall–Kier alpha value is -1.67. The summed E-state index contributed by atoms with van der Waals surface area (Å²) in [5.74, 6) is 0. The molecule has 16 heavy (non-hydrogen) atoms. The highest BCUT2D eigenvalue weighted by atomic mass is 16.3. The van der Waals surface area contributed by atoms with Crippen molar-refractivity contribution < 1.29 is 5.11 Å². The van der Waals surface area contributed by atoms with Crippen molar-refractivity contribution in [3.8, 4) is 0 Å². The molecule has 2 nitrogen and oxygen atoms in total. The first-order chi connectivity index (χ1) is 7.86. The molecule has 0 saturated heterocycles. The number of hydrogen-bond donors (Lipinski definition) is 1. The molecule has 0 bridgehead atoms. The Morgan fingerprint density at radius 2 is 1.69 bits per heavy atom. The van der Waals surface area contributed by atoms with Gasteiger partial charge in [-0.1, -0.05) is 30.3 Å². The summed E-state index contributed by atoms with van der Waals surface area (Å²) in [4.78, 5) is 3.93. The predicted octanol–water partition coefficient (Wildman–Crippen LogP) is 2.75. The molecule has 0 fully saturated rings. The Kier molecular flexibility index (Phi) is 3.67. The standard InChI is InChI=1S/C14H15NO/c16-14(13-8-10-15-11-9-13)7-6-12-4-2-1-3-5-12/h1-5,8-11,14,16H,6-7H2. The Morgan fingerprint density at radius 3 is 2.38 bits per heavy atom. The number of aliphatic hydroxyl groups is 1. The van der Waals surface area contributed by atoms with Crippen molar-refractivity contribution in [2.24, 2.45) is 0 Å². The number of aryl methyl sites for hydroxylation is 1. The smallest absolute Gasteiger partial charge is 0.0794 e. The van der Waals surface area contributed by atoms with E-state index in [4.69, 9.17) is 0 Å². The van der Waals surface area contributed by atoms with Gasteiger partial charge in [0.2, 0.25) is 0 Å². The topological polar surface area (TPSA) is 33.1 Å². The maximum Gasteiger partial charge on any atom is 0.0794 e. The van der Waals surface area contributed by atoms with Gasteiger partial charge in [0, 0.05) is 12.4 Å². The Labute approximate surface area is 95.6 Å². The maximum absolute atomic E-state index is 9.95. The quantitative estimate of drug-likeness (QED) is 0.847. The third-order valence-corrected chi connectivity index (χ3v) is 2.64. The normalized spacial score (nSPS) is 12.3. The van der Waals surface area contributed by atoms with E-state index < -0.39 is 6.10 Å². The highest BCUT2D eigenvalue weighted by Gasteiger charge is 2.06. The van der Waals surface area contributed by atoms with E-state index in [0.29, 0.717) is 0 Å². The monoisotopic (exact) mass is 213 g/mol. The highest BCUT2D eigenvalue weighted by Crippen LogP contribution is 2.17. The maximum atomic E-state index is 9.95. The van der Waals surface area contributed by atoms with Crippen molar-refractivity contribution in [1.29, 1.82) is 0 Å². The summed E-state index contributed by atoms with van der Waals surface area (Å²) in [6, 6.07) is 13.9. The molecule has 82 valence electrons. The van der Waals surface area contributed by atoms with Crippen LogP contribution in [0.4, 0.5) is 0 Å². The fourth-order valence-electron chi connectivity index (χ4n) is 1.70. The van der Waals surface area contributed by atoms with Crippen LogP contribution in [0.15, 0.2) is 54.9 Å². The summed E-state index contributed by atoms with van der Waals surface area (Å²) < 4.78 is 0. The Bertz CT molecular complexity index is 413. The first-order valence-corrected chi connectivity index (χ1v) is 5.48. The van der Waals surface area contributed by atoms with E-state index in [0.717, 1.165) is 18.4 Å². The lowest BCUT2D eigenvalue weighted by atomic mass is 10.0. The van der Waals surface area contributed by atoms with Gasteiger partial charge in [-0.15, -0.1) is 0 Å². The van der Waals surface area contributed by atoms with Crippen LogP contribution in [0.5, 0.6) is 0 Å². The average molecular weight is 213 g/mol. The molecule has 1 aromatic heterocycles. The molecule has 1 aromatic carbocycles. The molecule has 1 heterocycles. The molecule has 2 rings (SSSR count). The average Bonchev–Trinajstić information content (AvgIpc) is 2.38. The molecule has 1 N–H and O–H groups in total. The second-order valence-electron chi connectivity index (χ2n) is 3.82. The second-order valence-corrected chi connectivity index (χ2v) is 3.82. The van der Waals surface area contributed by atoms with E-state index in [1.807, 2.05) is 30.3 Å². The summed E-state index contributed by atoms with van der Waals surface area (Å²) in [6.07, 6.45) is 4.66. The van der Waals surface area contributed by atoms with E-state index in [-0.39, 0.29) is 0 Å². The molecule has 0 amide bonds. The third kappa shape index (κ3) is 2.91. The van der Waals surface area contributed by atoms with Gasteiger partial charge in [0.05, 0.1) is 6.10 Å². The molecule has 2 aromatic rings. The zero-order chi connectivity index (χ0) is 11.2. The van der Waals surface area contributed by atoms with Crippen molar-refractivity contribution in [3.63, 3.8) is 0 Å². The first-order valence-electron chi connectivity index (χ1n) is 5.48. The number of hydrogen-bond acceptors (Lipinski definition) is 2. The highest BCUT2D eigenvalue weighted by molar-refractivity contribution is 5.17. The van der Waals surface area contributed by atoms with Crippen molar-refractivity contribution in [1.82, 2.24) is 4.98 Å². The number of rotatable bonds is 4. The zero-order valence-electron chi connectivity index (χ0n) is 9.08. The van der Waals surface area contributed by atoms with Crippen molar-refractivity contribution >= 4 is 0 Å². The van der Waals surface area contributed by atoms with Crippen LogP contribution in [0, 0.1) is 0 Å². The molecule has 2 heteroatoms. The second kappa shape index (κ2) is 5.42. The van der Waals surface area contributed by atoms with Gasteiger partial charge < -0.3 is 5.11 Å². The molecule has 0 aliphatic carbocycles. The zero-order valence-corrected chi connectivity index (χ0v) is 9.08. The number of nitrogens with zero attached hydrogens (tertiary/aromatic N) is 1. The minimum Gasteiger partial charge on any atom is -0.388 e. The summed E-state index contributed by atoms with van der Waals surface area (Å²) in [7, 11) is 0. The van der Waals surface area contributed by atoms with E-state index in [1.165, 1.54) is 5.56 Å². The molecule has 0 saturated carbocycles. The van der Waals surface area contributed by atoms with E-state index in [2.05, 4.69) is 17.1 Å². The fourth-order valence-corrected chi connectivity index (χ4v) is 1.70. The number of pyridine rings is 1. The lowest BCUT2D eigenvalue weighted by molar-refractivity contribution is 0.167. The van der Waals surface area contributed by atoms with Crippen molar-refractivity contribution in [3.05, 3.63) is 66.0 Å². The SMILES string of the molecule is OC(CCc1ccccc1)c1ccncc1. The van der Waals surface area contributed by atoms with Crippen LogP contribution in [-0.2, 0) is 6.42 Å². The molecule has 1 atom stereocenters. The van der Waals surface area contributed by atoms with Gasteiger partial charge in [-0.2, -0.15) is 0 Å². The van der Waals surface area contributed by atoms with Gasteiger partial charge in [0.1, 0.15) is 0 Å². The lowest BCUT2D eigenvalue weighted by Crippen LogP contribution is -1.99. The van der Waals surface area contributed by atoms with Gasteiger partial charge in [-0.05, 0) is 36.1 Å². The van der Waals surface area contributed by atoms with Crippen LogP contribution >= 0.6 is 0 Å². The van der Waals surface area contributed by atoms with E-state index >= 15 is 0 Å². The number of aromatic nitrogens is 1. The largest absolute Gasteiger partial charge is 0.388 e. The molecule has 0 aliphatic heterocycles. The summed E-state index contributed by atoms with van der Waals surface area (Å²) in [5, 5.41) is 9.95. The lowest BCUT2D eigenvalue weighted by Gasteiger charge is -2.10. The van der Waals surface area contributed by atoms with Gasteiger partial charge in [0.25, 0.3) is 0 Å². The van der Waals surface area contributed by atoms with E-state index in [9.17, 15) is 5.11 Å². The fraction of sp³-hybridized carbons (Fsp3) is 0.214. The van der Waals surface area contributed by atoms with E-state index in [1.54, 1.807) is 12.4 Å². The van der Waals surface area contributed by atoms with Crippen LogP contribution < -0.4 is 0 Å². The van der Waals surface area contributed by atoms with Gasteiger partial charge in [-0.25, -0.2) is 0 Å². The van der Waals surface area contributed by atoms with Crippen LogP contribution in [0.1, 0.15) is 23.7 Å². The van der Waals surface area contributed by atoms with Crippen LogP contribution in [0.3, 0.4) is 0 Å². The molecule has 0 aliphatic rings. The minimum atomic E-state index is -0.400. The summed E-state index contributed by atoms with van der Waals surface area (Å²) in [5.41, 5.74) is 2.20. The predicted molar refractivity (Wildman–Crippen MR) is 64.0 cm³/mol. The number of aliphatic hydroxyl groups excluding tert-OH is 1. The number of benzene rings is 1. The van der Waals surface area contributed by atoms with Gasteiger partial charge in [-0.3, -0.25) is 4.98 Å². The molecule has 0 radical (unpaired) electrons.